The summed E-state index contributed by atoms with van der Waals surface area (Å²) in [6.07, 6.45) is 4.05. The number of piperidine rings is 2. The van der Waals surface area contributed by atoms with Crippen molar-refractivity contribution >= 4 is 44.8 Å². The standard InChI is InChI=1S/C23H28ClN3O4S2/c24-18-6-8-19(9-7-18)33(30,31)27-14-10-17(11-15-27)21(23(29)26-12-2-1-3-13-26)25-22(28)20-5-4-16-32-20/h4-9,16-17,21H,1-3,10-15H2,(H,25,28)/t21-/m0/s1. The largest absolute Gasteiger partial charge is 0.341 e. The van der Waals surface area contributed by atoms with Crippen LogP contribution in [0, 0.1) is 5.92 Å². The zero-order valence-electron chi connectivity index (χ0n) is 18.3. The Kier molecular flexibility index (Phi) is 7.73. The number of likely N-dealkylation sites (tertiary alicyclic amines) is 1. The third kappa shape index (κ3) is 5.59. The highest BCUT2D eigenvalue weighted by atomic mass is 35.5. The molecule has 0 radical (unpaired) electrons. The van der Waals surface area contributed by atoms with Crippen LogP contribution in [-0.4, -0.2) is 61.7 Å². The molecule has 10 heteroatoms. The van der Waals surface area contributed by atoms with Crippen LogP contribution in [0.15, 0.2) is 46.7 Å². The van der Waals surface area contributed by atoms with Gasteiger partial charge in [-0.05, 0) is 73.7 Å². The van der Waals surface area contributed by atoms with Crippen LogP contribution in [0.25, 0.3) is 0 Å². The monoisotopic (exact) mass is 509 g/mol. The lowest BCUT2D eigenvalue weighted by Gasteiger charge is -2.38. The molecular formula is C23H28ClN3O4S2. The fraction of sp³-hybridized carbons (Fsp3) is 0.478. The molecule has 0 bridgehead atoms. The van der Waals surface area contributed by atoms with Gasteiger partial charge in [0.25, 0.3) is 5.91 Å². The number of nitrogens with zero attached hydrogens (tertiary/aromatic N) is 2. The number of rotatable bonds is 6. The van der Waals surface area contributed by atoms with E-state index in [0.717, 1.165) is 19.3 Å². The summed E-state index contributed by atoms with van der Waals surface area (Å²) in [5.74, 6) is -0.435. The summed E-state index contributed by atoms with van der Waals surface area (Å²) < 4.78 is 27.5. The van der Waals surface area contributed by atoms with E-state index in [2.05, 4.69) is 5.32 Å². The molecule has 2 saturated heterocycles. The Labute approximate surface area is 203 Å². The van der Waals surface area contributed by atoms with Crippen LogP contribution in [0.5, 0.6) is 0 Å². The lowest BCUT2D eigenvalue weighted by molar-refractivity contribution is -0.135. The van der Waals surface area contributed by atoms with Crippen LogP contribution in [0.2, 0.25) is 5.02 Å². The van der Waals surface area contributed by atoms with Gasteiger partial charge in [-0.3, -0.25) is 9.59 Å². The minimum atomic E-state index is -3.63. The molecule has 0 saturated carbocycles. The van der Waals surface area contributed by atoms with Crippen molar-refractivity contribution in [1.82, 2.24) is 14.5 Å². The molecule has 7 nitrogen and oxygen atoms in total. The fourth-order valence-electron chi connectivity index (χ4n) is 4.52. The second kappa shape index (κ2) is 10.5. The van der Waals surface area contributed by atoms with Crippen LogP contribution in [0.3, 0.4) is 0 Å². The molecule has 2 aliphatic heterocycles. The summed E-state index contributed by atoms with van der Waals surface area (Å²) in [7, 11) is -3.63. The van der Waals surface area contributed by atoms with Crippen LogP contribution in [0.1, 0.15) is 41.8 Å². The molecule has 2 aliphatic rings. The van der Waals surface area contributed by atoms with E-state index in [0.29, 0.717) is 48.9 Å². The highest BCUT2D eigenvalue weighted by molar-refractivity contribution is 7.89. The number of carbonyl (C=O) groups is 2. The quantitative estimate of drug-likeness (QED) is 0.644. The van der Waals surface area contributed by atoms with Crippen molar-refractivity contribution in [3.05, 3.63) is 51.7 Å². The lowest BCUT2D eigenvalue weighted by atomic mass is 9.88. The number of benzene rings is 1. The van der Waals surface area contributed by atoms with E-state index in [1.807, 2.05) is 10.3 Å². The van der Waals surface area contributed by atoms with Gasteiger partial charge in [0.2, 0.25) is 15.9 Å². The molecule has 0 unspecified atom stereocenters. The average Bonchev–Trinajstić information content (AvgIpc) is 3.38. The van der Waals surface area contributed by atoms with Gasteiger partial charge in [-0.2, -0.15) is 4.31 Å². The van der Waals surface area contributed by atoms with Crippen molar-refractivity contribution in [1.29, 1.82) is 0 Å². The van der Waals surface area contributed by atoms with Crippen molar-refractivity contribution in [2.45, 2.75) is 43.0 Å². The number of thiophene rings is 1. The van der Waals surface area contributed by atoms with Gasteiger partial charge in [0, 0.05) is 31.2 Å². The smallest absolute Gasteiger partial charge is 0.262 e. The van der Waals surface area contributed by atoms with Gasteiger partial charge >= 0.3 is 0 Å². The second-order valence-electron chi connectivity index (χ2n) is 8.51. The minimum absolute atomic E-state index is 0.0568. The van der Waals surface area contributed by atoms with Gasteiger partial charge in [-0.25, -0.2) is 8.42 Å². The summed E-state index contributed by atoms with van der Waals surface area (Å²) >= 11 is 7.23. The van der Waals surface area contributed by atoms with Crippen LogP contribution in [-0.2, 0) is 14.8 Å². The molecule has 1 aromatic carbocycles. The Morgan fingerprint density at radius 3 is 2.27 bits per heavy atom. The second-order valence-corrected chi connectivity index (χ2v) is 11.8. The number of hydrogen-bond acceptors (Lipinski definition) is 5. The van der Waals surface area contributed by atoms with E-state index in [4.69, 9.17) is 11.6 Å². The van der Waals surface area contributed by atoms with Crippen molar-refractivity contribution in [3.63, 3.8) is 0 Å². The third-order valence-corrected chi connectivity index (χ3v) is 9.42. The molecule has 2 aromatic rings. The van der Waals surface area contributed by atoms with Crippen molar-refractivity contribution in [3.8, 4) is 0 Å². The fourth-order valence-corrected chi connectivity index (χ4v) is 6.74. The maximum absolute atomic E-state index is 13.4. The van der Waals surface area contributed by atoms with E-state index in [-0.39, 0.29) is 22.6 Å². The highest BCUT2D eigenvalue weighted by Gasteiger charge is 2.38. The molecule has 2 fully saturated rings. The third-order valence-electron chi connectivity index (χ3n) is 6.39. The Hall–Kier alpha value is -1.94. The number of hydrogen-bond donors (Lipinski definition) is 1. The Balaban J connectivity index is 1.47. The van der Waals surface area contributed by atoms with Gasteiger partial charge in [0.05, 0.1) is 9.77 Å². The van der Waals surface area contributed by atoms with Gasteiger partial charge in [-0.15, -0.1) is 11.3 Å². The predicted octanol–water partition coefficient (Wildman–Crippen LogP) is 3.61. The van der Waals surface area contributed by atoms with E-state index in [9.17, 15) is 18.0 Å². The van der Waals surface area contributed by atoms with Crippen molar-refractivity contribution in [2.75, 3.05) is 26.2 Å². The van der Waals surface area contributed by atoms with Crippen molar-refractivity contribution < 1.29 is 18.0 Å². The van der Waals surface area contributed by atoms with Crippen LogP contribution >= 0.6 is 22.9 Å². The number of halogens is 1. The Morgan fingerprint density at radius 1 is 1.00 bits per heavy atom. The summed E-state index contributed by atoms with van der Waals surface area (Å²) in [5.41, 5.74) is 0. The van der Waals surface area contributed by atoms with Gasteiger partial charge in [-0.1, -0.05) is 17.7 Å². The van der Waals surface area contributed by atoms with Crippen LogP contribution < -0.4 is 5.32 Å². The number of amides is 2. The molecule has 1 atom stereocenters. The van der Waals surface area contributed by atoms with Gasteiger partial charge in [0.15, 0.2) is 0 Å². The normalized spacial score (nSPS) is 19.2. The first-order valence-electron chi connectivity index (χ1n) is 11.2. The molecule has 0 spiro atoms. The number of nitrogens with one attached hydrogen (secondary N) is 1. The number of carbonyl (C=O) groups excluding carboxylic acids is 2. The summed E-state index contributed by atoms with van der Waals surface area (Å²) in [6, 6.07) is 9.04. The highest BCUT2D eigenvalue weighted by Crippen LogP contribution is 2.28. The Morgan fingerprint density at radius 2 is 1.67 bits per heavy atom. The van der Waals surface area contributed by atoms with E-state index in [1.165, 1.54) is 27.8 Å². The SMILES string of the molecule is O=C(N[C@H](C(=O)N1CCCCC1)C1CCN(S(=O)(=O)c2ccc(Cl)cc2)CC1)c1cccs1. The summed E-state index contributed by atoms with van der Waals surface area (Å²) in [6.45, 7) is 2.00. The molecule has 1 aromatic heterocycles. The molecular weight excluding hydrogens is 482 g/mol. The first-order valence-corrected chi connectivity index (χ1v) is 13.9. The van der Waals surface area contributed by atoms with Crippen LogP contribution in [0.4, 0.5) is 0 Å². The molecule has 4 rings (SSSR count). The minimum Gasteiger partial charge on any atom is -0.341 e. The van der Waals surface area contributed by atoms with Gasteiger partial charge < -0.3 is 10.2 Å². The zero-order chi connectivity index (χ0) is 23.4. The molecule has 1 N–H and O–H groups in total. The molecule has 178 valence electrons. The molecule has 0 aliphatic carbocycles. The van der Waals surface area contributed by atoms with Gasteiger partial charge in [0.1, 0.15) is 6.04 Å². The van der Waals surface area contributed by atoms with E-state index < -0.39 is 16.1 Å². The molecule has 3 heterocycles. The topological polar surface area (TPSA) is 86.8 Å². The summed E-state index contributed by atoms with van der Waals surface area (Å²) in [4.78, 5) is 28.8. The maximum Gasteiger partial charge on any atom is 0.262 e. The number of sulfonamides is 1. The zero-order valence-corrected chi connectivity index (χ0v) is 20.7. The van der Waals surface area contributed by atoms with Crippen molar-refractivity contribution in [2.24, 2.45) is 5.92 Å². The molecule has 2 amide bonds. The Bertz CT molecular complexity index is 1060. The summed E-state index contributed by atoms with van der Waals surface area (Å²) in [5, 5.41) is 5.29. The first kappa shape index (κ1) is 24.2. The lowest BCUT2D eigenvalue weighted by Crippen LogP contribution is -2.55. The maximum atomic E-state index is 13.4. The average molecular weight is 510 g/mol. The van der Waals surface area contributed by atoms with E-state index in [1.54, 1.807) is 24.3 Å². The predicted molar refractivity (Wildman–Crippen MR) is 129 cm³/mol. The molecule has 33 heavy (non-hydrogen) atoms. The van der Waals surface area contributed by atoms with E-state index >= 15 is 0 Å². The first-order chi connectivity index (χ1) is 15.9.